The van der Waals surface area contributed by atoms with Gasteiger partial charge < -0.3 is 0 Å². The number of aromatic nitrogens is 3. The van der Waals surface area contributed by atoms with Crippen molar-refractivity contribution in [2.45, 2.75) is 19.3 Å². The van der Waals surface area contributed by atoms with Gasteiger partial charge >= 0.3 is 0 Å². The van der Waals surface area contributed by atoms with Crippen molar-refractivity contribution in [3.63, 3.8) is 0 Å². The molecule has 10 heavy (non-hydrogen) atoms. The molecule has 1 aromatic rings. The third kappa shape index (κ3) is 0.844. The zero-order chi connectivity index (χ0) is 6.97. The minimum atomic E-state index is 0.501. The van der Waals surface area contributed by atoms with E-state index in [0.29, 0.717) is 4.77 Å². The molecule has 2 rings (SSSR count). The third-order valence-electron chi connectivity index (χ3n) is 1.68. The van der Waals surface area contributed by atoms with Crippen LogP contribution in [-0.4, -0.2) is 15.2 Å². The van der Waals surface area contributed by atoms with Gasteiger partial charge in [-0.15, -0.1) is 0 Å². The lowest BCUT2D eigenvalue weighted by Gasteiger charge is -1.92. The first-order valence-corrected chi connectivity index (χ1v) is 3.71. The highest BCUT2D eigenvalue weighted by Crippen LogP contribution is 2.14. The number of nitrogens with one attached hydrogen (secondary N) is 1. The number of fused-ring (bicyclic) bond motifs is 1. The lowest BCUT2D eigenvalue weighted by molar-refractivity contribution is 0.869. The van der Waals surface area contributed by atoms with Crippen LogP contribution < -0.4 is 0 Å². The summed E-state index contributed by atoms with van der Waals surface area (Å²) in [5.74, 6) is 0. The van der Waals surface area contributed by atoms with Gasteiger partial charge in [0.2, 0.25) is 4.77 Å². The van der Waals surface area contributed by atoms with Gasteiger partial charge in [-0.05, 0) is 31.5 Å². The zero-order valence-corrected chi connectivity index (χ0v) is 6.24. The first-order chi connectivity index (χ1) is 4.86. The quantitative estimate of drug-likeness (QED) is 0.566. The second kappa shape index (κ2) is 2.12. The molecule has 52 valence electrons. The monoisotopic (exact) mass is 153 g/mol. The number of hydrogen-bond donors (Lipinski definition) is 1. The molecule has 1 heterocycles. The number of aromatic amines is 1. The first-order valence-electron chi connectivity index (χ1n) is 3.31. The molecule has 3 nitrogen and oxygen atoms in total. The van der Waals surface area contributed by atoms with E-state index in [1.807, 2.05) is 0 Å². The first kappa shape index (κ1) is 5.97. The van der Waals surface area contributed by atoms with Gasteiger partial charge in [-0.1, -0.05) is 0 Å². The SMILES string of the molecule is S=c1nc2c(n[nH]1)CCC2. The van der Waals surface area contributed by atoms with E-state index < -0.39 is 0 Å². The maximum Gasteiger partial charge on any atom is 0.213 e. The Balaban J connectivity index is 2.63. The molecule has 4 heteroatoms. The zero-order valence-electron chi connectivity index (χ0n) is 5.42. The molecule has 1 aliphatic rings. The predicted molar refractivity (Wildman–Crippen MR) is 39.2 cm³/mol. The molecule has 0 saturated carbocycles. The average molecular weight is 153 g/mol. The smallest absolute Gasteiger partial charge is 0.213 e. The van der Waals surface area contributed by atoms with Crippen molar-refractivity contribution in [2.75, 3.05) is 0 Å². The molecule has 0 aliphatic heterocycles. The summed E-state index contributed by atoms with van der Waals surface area (Å²) in [6, 6.07) is 0. The van der Waals surface area contributed by atoms with E-state index in [0.717, 1.165) is 24.2 Å². The summed E-state index contributed by atoms with van der Waals surface area (Å²) in [4.78, 5) is 4.15. The van der Waals surface area contributed by atoms with Crippen LogP contribution in [-0.2, 0) is 12.8 Å². The largest absolute Gasteiger partial charge is 0.252 e. The van der Waals surface area contributed by atoms with Crippen molar-refractivity contribution >= 4 is 12.2 Å². The molecule has 0 aromatic carbocycles. The van der Waals surface area contributed by atoms with Crippen LogP contribution in [0.25, 0.3) is 0 Å². The maximum atomic E-state index is 4.82. The molecule has 0 spiro atoms. The summed E-state index contributed by atoms with van der Waals surface area (Å²) >= 11 is 4.82. The Bertz CT molecular complexity index is 304. The van der Waals surface area contributed by atoms with Crippen LogP contribution in [0, 0.1) is 4.77 Å². The number of aryl methyl sites for hydroxylation is 2. The Morgan fingerprint density at radius 1 is 1.30 bits per heavy atom. The fourth-order valence-electron chi connectivity index (χ4n) is 1.22. The minimum Gasteiger partial charge on any atom is -0.252 e. The van der Waals surface area contributed by atoms with Crippen LogP contribution >= 0.6 is 12.2 Å². The molecule has 0 atom stereocenters. The Morgan fingerprint density at radius 3 is 3.00 bits per heavy atom. The highest BCUT2D eigenvalue weighted by Gasteiger charge is 2.12. The molecular weight excluding hydrogens is 146 g/mol. The number of rotatable bonds is 0. The Kier molecular flexibility index (Phi) is 1.27. The van der Waals surface area contributed by atoms with Gasteiger partial charge in [-0.3, -0.25) is 5.10 Å². The van der Waals surface area contributed by atoms with Crippen LogP contribution in [0.15, 0.2) is 0 Å². The van der Waals surface area contributed by atoms with Gasteiger partial charge in [0.25, 0.3) is 0 Å². The summed E-state index contributed by atoms with van der Waals surface area (Å²) < 4.78 is 0.501. The van der Waals surface area contributed by atoms with Crippen LogP contribution in [0.5, 0.6) is 0 Å². The highest BCUT2D eigenvalue weighted by atomic mass is 32.1. The minimum absolute atomic E-state index is 0.501. The number of H-pyrrole nitrogens is 1. The van der Waals surface area contributed by atoms with Crippen molar-refractivity contribution in [2.24, 2.45) is 0 Å². The van der Waals surface area contributed by atoms with E-state index in [1.165, 1.54) is 6.42 Å². The van der Waals surface area contributed by atoms with Crippen LogP contribution in [0.1, 0.15) is 17.8 Å². The summed E-state index contributed by atoms with van der Waals surface area (Å²) in [7, 11) is 0. The second-order valence-corrected chi connectivity index (χ2v) is 2.77. The van der Waals surface area contributed by atoms with E-state index in [1.54, 1.807) is 0 Å². The highest BCUT2D eigenvalue weighted by molar-refractivity contribution is 7.71. The van der Waals surface area contributed by atoms with E-state index in [2.05, 4.69) is 15.2 Å². The number of nitrogens with zero attached hydrogens (tertiary/aromatic N) is 2. The van der Waals surface area contributed by atoms with Crippen molar-refractivity contribution < 1.29 is 0 Å². The molecule has 1 aromatic heterocycles. The lowest BCUT2D eigenvalue weighted by Crippen LogP contribution is -1.95. The normalized spacial score (nSPS) is 15.2. The summed E-state index contributed by atoms with van der Waals surface area (Å²) in [5.41, 5.74) is 2.18. The summed E-state index contributed by atoms with van der Waals surface area (Å²) in [6.45, 7) is 0. The molecule has 0 amide bonds. The molecule has 1 N–H and O–H groups in total. The van der Waals surface area contributed by atoms with Gasteiger partial charge in [0, 0.05) is 0 Å². The predicted octanol–water partition coefficient (Wildman–Crippen LogP) is 1.02. The molecule has 1 aliphatic carbocycles. The van der Waals surface area contributed by atoms with Crippen molar-refractivity contribution in [1.82, 2.24) is 15.2 Å². The van der Waals surface area contributed by atoms with Gasteiger partial charge in [0.1, 0.15) is 0 Å². The molecule has 0 radical (unpaired) electrons. The van der Waals surface area contributed by atoms with E-state index in [4.69, 9.17) is 12.2 Å². The Labute approximate surface area is 63.5 Å². The average Bonchev–Trinajstić information content (AvgIpc) is 2.33. The third-order valence-corrected chi connectivity index (χ3v) is 1.87. The number of hydrogen-bond acceptors (Lipinski definition) is 3. The standard InChI is InChI=1S/C6H7N3S/c10-6-7-4-2-1-3-5(4)8-9-6/h1-3H2,(H,7,9,10). The van der Waals surface area contributed by atoms with Crippen molar-refractivity contribution in [1.29, 1.82) is 0 Å². The van der Waals surface area contributed by atoms with Gasteiger partial charge in [0.15, 0.2) is 0 Å². The lowest BCUT2D eigenvalue weighted by atomic mass is 10.4. The van der Waals surface area contributed by atoms with Gasteiger partial charge in [-0.25, -0.2) is 4.98 Å². The van der Waals surface area contributed by atoms with E-state index in [9.17, 15) is 0 Å². The maximum absolute atomic E-state index is 4.82. The van der Waals surface area contributed by atoms with Gasteiger partial charge in [0.05, 0.1) is 11.4 Å². The van der Waals surface area contributed by atoms with Crippen molar-refractivity contribution in [3.05, 3.63) is 16.2 Å². The molecule has 0 fully saturated rings. The topological polar surface area (TPSA) is 41.6 Å². The van der Waals surface area contributed by atoms with E-state index in [-0.39, 0.29) is 0 Å². The molecular formula is C6H7N3S. The van der Waals surface area contributed by atoms with Crippen LogP contribution in [0.3, 0.4) is 0 Å². The van der Waals surface area contributed by atoms with Crippen LogP contribution in [0.4, 0.5) is 0 Å². The molecule has 0 bridgehead atoms. The molecule has 0 unspecified atom stereocenters. The summed E-state index contributed by atoms with van der Waals surface area (Å²) in [5, 5.41) is 6.75. The Hall–Kier alpha value is -0.770. The second-order valence-electron chi connectivity index (χ2n) is 2.39. The fraction of sp³-hybridized carbons (Fsp3) is 0.500. The fourth-order valence-corrected chi connectivity index (χ4v) is 1.37. The summed E-state index contributed by atoms with van der Waals surface area (Å²) in [6.07, 6.45) is 3.26. The van der Waals surface area contributed by atoms with E-state index >= 15 is 0 Å². The van der Waals surface area contributed by atoms with Gasteiger partial charge in [-0.2, -0.15) is 5.10 Å². The van der Waals surface area contributed by atoms with Crippen molar-refractivity contribution in [3.8, 4) is 0 Å². The molecule has 0 saturated heterocycles. The van der Waals surface area contributed by atoms with Crippen LogP contribution in [0.2, 0.25) is 0 Å². The Morgan fingerprint density at radius 2 is 2.10 bits per heavy atom.